The van der Waals surface area contributed by atoms with Gasteiger partial charge in [-0.05, 0) is 74.6 Å². The van der Waals surface area contributed by atoms with Crippen LogP contribution in [0.2, 0.25) is 0 Å². The van der Waals surface area contributed by atoms with Gasteiger partial charge in [-0.2, -0.15) is 0 Å². The van der Waals surface area contributed by atoms with E-state index in [9.17, 15) is 0 Å². The lowest BCUT2D eigenvalue weighted by Crippen LogP contribution is -2.01. The summed E-state index contributed by atoms with van der Waals surface area (Å²) in [6.07, 6.45) is 0. The molecule has 0 aliphatic rings. The number of aromatic nitrogens is 5. The molecule has 280 valence electrons. The van der Waals surface area contributed by atoms with Crippen molar-refractivity contribution in [3.63, 3.8) is 0 Å². The minimum absolute atomic E-state index is 0.624. The van der Waals surface area contributed by atoms with E-state index < -0.39 is 0 Å². The highest BCUT2D eigenvalue weighted by atomic mass is 15.1. The van der Waals surface area contributed by atoms with E-state index >= 15 is 0 Å². The average Bonchev–Trinajstić information content (AvgIpc) is 3.84. The third-order valence-corrected chi connectivity index (χ3v) is 11.7. The molecule has 0 amide bonds. The van der Waals surface area contributed by atoms with Crippen LogP contribution in [0, 0.1) is 0 Å². The molecular formula is C55H35N5. The molecule has 12 aromatic rings. The number of benzene rings is 9. The van der Waals surface area contributed by atoms with E-state index in [1.165, 1.54) is 22.0 Å². The third-order valence-electron chi connectivity index (χ3n) is 11.7. The predicted molar refractivity (Wildman–Crippen MR) is 247 cm³/mol. The monoisotopic (exact) mass is 765 g/mol. The summed E-state index contributed by atoms with van der Waals surface area (Å²) < 4.78 is 4.84. The minimum Gasteiger partial charge on any atom is -0.293 e. The summed E-state index contributed by atoms with van der Waals surface area (Å²) in [6.45, 7) is 0. The number of nitrogens with zero attached hydrogens (tertiary/aromatic N) is 5. The molecule has 0 fully saturated rings. The average molecular weight is 766 g/mol. The molecule has 0 saturated heterocycles. The Morgan fingerprint density at radius 2 is 0.800 bits per heavy atom. The van der Waals surface area contributed by atoms with Crippen molar-refractivity contribution in [2.45, 2.75) is 0 Å². The Bertz CT molecular complexity index is 3510. The second kappa shape index (κ2) is 13.8. The van der Waals surface area contributed by atoms with E-state index in [4.69, 9.17) is 15.0 Å². The Labute approximate surface area is 346 Å². The zero-order valence-electron chi connectivity index (χ0n) is 32.4. The molecule has 0 aliphatic heterocycles. The topological polar surface area (TPSA) is 48.0 Å². The summed E-state index contributed by atoms with van der Waals surface area (Å²) in [5.74, 6) is 1.91. The van der Waals surface area contributed by atoms with Gasteiger partial charge in [0.05, 0.1) is 16.6 Å². The molecule has 0 unspecified atom stereocenters. The molecule has 9 aromatic carbocycles. The molecule has 0 atom stereocenters. The zero-order chi connectivity index (χ0) is 39.6. The van der Waals surface area contributed by atoms with E-state index in [1.54, 1.807) is 0 Å². The van der Waals surface area contributed by atoms with Crippen molar-refractivity contribution < 1.29 is 0 Å². The van der Waals surface area contributed by atoms with Crippen molar-refractivity contribution in [1.29, 1.82) is 0 Å². The van der Waals surface area contributed by atoms with Gasteiger partial charge in [0, 0.05) is 33.3 Å². The first-order valence-electron chi connectivity index (χ1n) is 20.3. The summed E-state index contributed by atoms with van der Waals surface area (Å²) in [5.41, 5.74) is 13.2. The Hall–Kier alpha value is -8.15. The van der Waals surface area contributed by atoms with E-state index in [0.717, 1.165) is 71.7 Å². The summed E-state index contributed by atoms with van der Waals surface area (Å²) in [4.78, 5) is 15.6. The summed E-state index contributed by atoms with van der Waals surface area (Å²) in [7, 11) is 0. The van der Waals surface area contributed by atoms with Crippen LogP contribution in [0.15, 0.2) is 212 Å². The molecule has 3 aromatic heterocycles. The smallest absolute Gasteiger partial charge is 0.164 e. The lowest BCUT2D eigenvalue weighted by molar-refractivity contribution is 1.08. The van der Waals surface area contributed by atoms with Gasteiger partial charge in [0.1, 0.15) is 5.65 Å². The Balaban J connectivity index is 1.04. The minimum atomic E-state index is 0.624. The van der Waals surface area contributed by atoms with Crippen molar-refractivity contribution in [3.05, 3.63) is 212 Å². The Morgan fingerprint density at radius 1 is 0.317 bits per heavy atom. The van der Waals surface area contributed by atoms with Crippen LogP contribution in [0.4, 0.5) is 0 Å². The normalized spacial score (nSPS) is 11.7. The first-order valence-corrected chi connectivity index (χ1v) is 20.3. The number of rotatable bonds is 6. The number of para-hydroxylation sites is 3. The van der Waals surface area contributed by atoms with Crippen LogP contribution >= 0.6 is 0 Å². The van der Waals surface area contributed by atoms with Crippen molar-refractivity contribution in [3.8, 4) is 62.1 Å². The SMILES string of the molecule is c1ccc(-c2c3ccccc3n3c4ccccc4n(-c4cccc(-c5cccc(-c6nc(-c7cccc8ccccc78)nc(-c7cccc8ccccc78)n6)c5)c4)c23)cc1. The number of imidazole rings is 1. The summed E-state index contributed by atoms with van der Waals surface area (Å²) >= 11 is 0. The molecule has 0 spiro atoms. The van der Waals surface area contributed by atoms with Crippen LogP contribution in [0.25, 0.3) is 111 Å². The standard InChI is InChI=1S/C55H35N5/c1-2-18-38(19-3-1)51-47-28-8-9-31-48(47)60-50-33-11-10-32-49(50)59(55(51)60)42-25-13-23-40(35-42)39-22-12-24-41(34-39)52-56-53(45-29-14-20-36-16-4-6-26-43(36)45)58-54(57-52)46-30-15-21-37-17-5-7-27-44(37)46/h1-35H. The largest absolute Gasteiger partial charge is 0.293 e. The van der Waals surface area contributed by atoms with Gasteiger partial charge in [-0.1, -0.05) is 176 Å². The molecule has 0 N–H and O–H groups in total. The van der Waals surface area contributed by atoms with Gasteiger partial charge in [-0.3, -0.25) is 8.97 Å². The fourth-order valence-corrected chi connectivity index (χ4v) is 9.04. The van der Waals surface area contributed by atoms with Crippen molar-refractivity contribution >= 4 is 49.1 Å². The number of fused-ring (bicyclic) bond motifs is 7. The molecule has 0 saturated carbocycles. The number of hydrogen-bond acceptors (Lipinski definition) is 3. The molecule has 60 heavy (non-hydrogen) atoms. The van der Waals surface area contributed by atoms with Gasteiger partial charge in [0.15, 0.2) is 17.5 Å². The van der Waals surface area contributed by atoms with E-state index in [-0.39, 0.29) is 0 Å². The maximum absolute atomic E-state index is 5.22. The molecule has 3 heterocycles. The van der Waals surface area contributed by atoms with Crippen LogP contribution in [0.3, 0.4) is 0 Å². The maximum Gasteiger partial charge on any atom is 0.164 e. The summed E-state index contributed by atoms with van der Waals surface area (Å²) in [5, 5.41) is 5.71. The van der Waals surface area contributed by atoms with Crippen LogP contribution in [0.5, 0.6) is 0 Å². The van der Waals surface area contributed by atoms with Gasteiger partial charge in [0.2, 0.25) is 0 Å². The molecule has 5 heteroatoms. The van der Waals surface area contributed by atoms with Crippen LogP contribution in [0.1, 0.15) is 0 Å². The highest BCUT2D eigenvalue weighted by Crippen LogP contribution is 2.41. The summed E-state index contributed by atoms with van der Waals surface area (Å²) in [6, 6.07) is 75.1. The van der Waals surface area contributed by atoms with Gasteiger partial charge >= 0.3 is 0 Å². The predicted octanol–water partition coefficient (Wildman–Crippen LogP) is 13.9. The molecular weight excluding hydrogens is 731 g/mol. The van der Waals surface area contributed by atoms with Gasteiger partial charge in [-0.15, -0.1) is 0 Å². The van der Waals surface area contributed by atoms with Gasteiger partial charge in [-0.25, -0.2) is 15.0 Å². The lowest BCUT2D eigenvalue weighted by Gasteiger charge is -2.13. The van der Waals surface area contributed by atoms with Crippen molar-refractivity contribution in [1.82, 2.24) is 23.9 Å². The highest BCUT2D eigenvalue weighted by Gasteiger charge is 2.22. The maximum atomic E-state index is 5.22. The van der Waals surface area contributed by atoms with E-state index in [0.29, 0.717) is 17.5 Å². The van der Waals surface area contributed by atoms with Crippen LogP contribution in [-0.4, -0.2) is 23.9 Å². The third kappa shape index (κ3) is 5.44. The molecule has 0 bridgehead atoms. The quantitative estimate of drug-likeness (QED) is 0.169. The van der Waals surface area contributed by atoms with Crippen molar-refractivity contribution in [2.75, 3.05) is 0 Å². The Kier molecular flexibility index (Phi) is 7.78. The zero-order valence-corrected chi connectivity index (χ0v) is 32.4. The first kappa shape index (κ1) is 33.9. The molecule has 0 aliphatic carbocycles. The van der Waals surface area contributed by atoms with Gasteiger partial charge in [0.25, 0.3) is 0 Å². The van der Waals surface area contributed by atoms with Crippen molar-refractivity contribution in [2.24, 2.45) is 0 Å². The van der Waals surface area contributed by atoms with E-state index in [2.05, 4.69) is 221 Å². The molecule has 0 radical (unpaired) electrons. The Morgan fingerprint density at radius 3 is 1.50 bits per heavy atom. The van der Waals surface area contributed by atoms with Crippen LogP contribution in [-0.2, 0) is 0 Å². The lowest BCUT2D eigenvalue weighted by atomic mass is 10.0. The highest BCUT2D eigenvalue weighted by molar-refractivity contribution is 6.09. The number of hydrogen-bond donors (Lipinski definition) is 0. The molecule has 5 nitrogen and oxygen atoms in total. The molecule has 12 rings (SSSR count). The van der Waals surface area contributed by atoms with Gasteiger partial charge < -0.3 is 0 Å². The fraction of sp³-hybridized carbons (Fsp3) is 0. The van der Waals surface area contributed by atoms with E-state index in [1.807, 2.05) is 0 Å². The second-order valence-electron chi connectivity index (χ2n) is 15.2. The first-order chi connectivity index (χ1) is 29.8. The van der Waals surface area contributed by atoms with Crippen LogP contribution < -0.4 is 0 Å². The second-order valence-corrected chi connectivity index (χ2v) is 15.2. The fourth-order valence-electron chi connectivity index (χ4n) is 9.04.